The summed E-state index contributed by atoms with van der Waals surface area (Å²) in [4.78, 5) is 23.1. The van der Waals surface area contributed by atoms with Crippen molar-refractivity contribution in [1.29, 1.82) is 0 Å². The molecule has 0 unspecified atom stereocenters. The van der Waals surface area contributed by atoms with Gasteiger partial charge < -0.3 is 14.8 Å². The molecule has 0 aromatic heterocycles. The van der Waals surface area contributed by atoms with Crippen LogP contribution >= 0.6 is 0 Å². The van der Waals surface area contributed by atoms with Crippen molar-refractivity contribution in [1.82, 2.24) is 0 Å². The summed E-state index contributed by atoms with van der Waals surface area (Å²) in [5, 5.41) is 2.67. The zero-order chi connectivity index (χ0) is 13.7. The van der Waals surface area contributed by atoms with E-state index in [-0.39, 0.29) is 12.5 Å². The van der Waals surface area contributed by atoms with E-state index >= 15 is 0 Å². The van der Waals surface area contributed by atoms with E-state index in [2.05, 4.69) is 5.32 Å². The van der Waals surface area contributed by atoms with Crippen molar-refractivity contribution in [2.45, 2.75) is 25.9 Å². The summed E-state index contributed by atoms with van der Waals surface area (Å²) in [5.74, 6) is -0.811. The second kappa shape index (κ2) is 6.33. The molecule has 0 spiro atoms. The van der Waals surface area contributed by atoms with Crippen LogP contribution in [0.5, 0.6) is 0 Å². The Morgan fingerprint density at radius 2 is 2.32 bits per heavy atom. The molecule has 1 aliphatic heterocycles. The van der Waals surface area contributed by atoms with E-state index in [0.717, 1.165) is 12.0 Å². The Hall–Kier alpha value is -1.88. The Labute approximate surface area is 111 Å². The Balaban J connectivity index is 1.76. The number of hydrogen-bond donors (Lipinski definition) is 1. The number of carbonyl (C=O) groups is 2. The van der Waals surface area contributed by atoms with Crippen molar-refractivity contribution in [3.63, 3.8) is 0 Å². The number of aryl methyl sites for hydroxylation is 1. The smallest absolute Gasteiger partial charge is 0.335 e. The van der Waals surface area contributed by atoms with Crippen LogP contribution in [-0.2, 0) is 19.1 Å². The molecule has 1 heterocycles. The van der Waals surface area contributed by atoms with Gasteiger partial charge in [0, 0.05) is 12.3 Å². The molecule has 1 atom stereocenters. The van der Waals surface area contributed by atoms with E-state index < -0.39 is 12.1 Å². The fourth-order valence-corrected chi connectivity index (χ4v) is 1.91. The highest BCUT2D eigenvalue weighted by Gasteiger charge is 2.25. The predicted octanol–water partition coefficient (Wildman–Crippen LogP) is 1.66. The van der Waals surface area contributed by atoms with Gasteiger partial charge in [-0.1, -0.05) is 12.1 Å². The summed E-state index contributed by atoms with van der Waals surface area (Å²) in [6.07, 6.45) is 1.01. The van der Waals surface area contributed by atoms with Crippen molar-refractivity contribution >= 4 is 17.6 Å². The van der Waals surface area contributed by atoms with Gasteiger partial charge >= 0.3 is 5.97 Å². The van der Waals surface area contributed by atoms with Gasteiger partial charge in [0.05, 0.1) is 0 Å². The predicted molar refractivity (Wildman–Crippen MR) is 69.7 cm³/mol. The molecule has 102 valence electrons. The fraction of sp³-hybridized carbons (Fsp3) is 0.429. The first-order chi connectivity index (χ1) is 9.15. The highest BCUT2D eigenvalue weighted by Crippen LogP contribution is 2.13. The number of nitrogens with one attached hydrogen (secondary N) is 1. The van der Waals surface area contributed by atoms with E-state index in [0.29, 0.717) is 18.7 Å². The third-order valence-electron chi connectivity index (χ3n) is 2.84. The number of esters is 1. The second-order valence-electron chi connectivity index (χ2n) is 4.53. The van der Waals surface area contributed by atoms with Gasteiger partial charge in [0.15, 0.2) is 12.7 Å². The van der Waals surface area contributed by atoms with Crippen LogP contribution in [0.3, 0.4) is 0 Å². The van der Waals surface area contributed by atoms with Gasteiger partial charge in [-0.25, -0.2) is 4.79 Å². The van der Waals surface area contributed by atoms with Crippen molar-refractivity contribution in [2.24, 2.45) is 0 Å². The summed E-state index contributed by atoms with van der Waals surface area (Å²) in [6.45, 7) is 2.23. The van der Waals surface area contributed by atoms with Crippen LogP contribution in [0.1, 0.15) is 18.4 Å². The number of carbonyl (C=O) groups excluding carboxylic acids is 2. The fourth-order valence-electron chi connectivity index (χ4n) is 1.91. The van der Waals surface area contributed by atoms with E-state index in [1.54, 1.807) is 6.07 Å². The maximum atomic E-state index is 11.6. The number of anilines is 1. The van der Waals surface area contributed by atoms with Gasteiger partial charge in [-0.15, -0.1) is 0 Å². The van der Waals surface area contributed by atoms with E-state index in [9.17, 15) is 9.59 Å². The molecule has 19 heavy (non-hydrogen) atoms. The summed E-state index contributed by atoms with van der Waals surface area (Å²) in [5.41, 5.74) is 1.74. The van der Waals surface area contributed by atoms with Gasteiger partial charge in [0.25, 0.3) is 5.91 Å². The first kappa shape index (κ1) is 13.5. The molecule has 0 radical (unpaired) electrons. The molecule has 0 saturated carbocycles. The summed E-state index contributed by atoms with van der Waals surface area (Å²) >= 11 is 0. The molecule has 1 amide bonds. The van der Waals surface area contributed by atoms with Gasteiger partial charge in [-0.2, -0.15) is 0 Å². The molecule has 5 heteroatoms. The van der Waals surface area contributed by atoms with E-state index in [1.807, 2.05) is 25.1 Å². The van der Waals surface area contributed by atoms with Crippen LogP contribution in [0.15, 0.2) is 24.3 Å². The minimum absolute atomic E-state index is 0.285. The number of benzene rings is 1. The normalized spacial score (nSPS) is 18.1. The van der Waals surface area contributed by atoms with Crippen LogP contribution in [0, 0.1) is 6.92 Å². The lowest BCUT2D eigenvalue weighted by atomic mass is 10.2. The molecule has 0 bridgehead atoms. The summed E-state index contributed by atoms with van der Waals surface area (Å²) in [7, 11) is 0. The standard InChI is InChI=1S/C14H17NO4/c1-10-4-2-5-11(8-10)15-13(16)9-19-14(17)12-6-3-7-18-12/h2,4-5,8,12H,3,6-7,9H2,1H3,(H,15,16)/t12-/m1/s1. The first-order valence-electron chi connectivity index (χ1n) is 6.30. The van der Waals surface area contributed by atoms with Crippen molar-refractivity contribution in [3.8, 4) is 0 Å². The van der Waals surface area contributed by atoms with Crippen molar-refractivity contribution < 1.29 is 19.1 Å². The molecule has 1 aliphatic rings. The molecule has 1 fully saturated rings. The Morgan fingerprint density at radius 3 is 3.00 bits per heavy atom. The Kier molecular flexibility index (Phi) is 4.52. The van der Waals surface area contributed by atoms with E-state index in [4.69, 9.17) is 9.47 Å². The maximum absolute atomic E-state index is 11.6. The zero-order valence-electron chi connectivity index (χ0n) is 10.8. The number of rotatable bonds is 4. The lowest BCUT2D eigenvalue weighted by molar-refractivity contribution is -0.156. The molecule has 1 saturated heterocycles. The van der Waals surface area contributed by atoms with Gasteiger partial charge in [-0.05, 0) is 37.5 Å². The zero-order valence-corrected chi connectivity index (χ0v) is 10.8. The van der Waals surface area contributed by atoms with Crippen LogP contribution in [0.25, 0.3) is 0 Å². The van der Waals surface area contributed by atoms with Gasteiger partial charge in [-0.3, -0.25) is 4.79 Å². The molecule has 1 N–H and O–H groups in total. The third-order valence-corrected chi connectivity index (χ3v) is 2.84. The summed E-state index contributed by atoms with van der Waals surface area (Å²) < 4.78 is 10.1. The second-order valence-corrected chi connectivity index (χ2v) is 4.53. The van der Waals surface area contributed by atoms with Crippen LogP contribution in [0.4, 0.5) is 5.69 Å². The first-order valence-corrected chi connectivity index (χ1v) is 6.30. The molecule has 5 nitrogen and oxygen atoms in total. The van der Waals surface area contributed by atoms with Crippen LogP contribution in [-0.4, -0.2) is 31.2 Å². The monoisotopic (exact) mass is 263 g/mol. The molecular formula is C14H17NO4. The molecule has 1 aromatic rings. The molecular weight excluding hydrogens is 246 g/mol. The minimum Gasteiger partial charge on any atom is -0.454 e. The van der Waals surface area contributed by atoms with Crippen LogP contribution in [0.2, 0.25) is 0 Å². The SMILES string of the molecule is Cc1cccc(NC(=O)COC(=O)[C@H]2CCCO2)c1. The average Bonchev–Trinajstić information content (AvgIpc) is 2.90. The van der Waals surface area contributed by atoms with E-state index in [1.165, 1.54) is 0 Å². The number of hydrogen-bond acceptors (Lipinski definition) is 4. The minimum atomic E-state index is -0.508. The molecule has 2 rings (SSSR count). The highest BCUT2D eigenvalue weighted by atomic mass is 16.6. The van der Waals surface area contributed by atoms with Gasteiger partial charge in [0.2, 0.25) is 0 Å². The van der Waals surface area contributed by atoms with Crippen molar-refractivity contribution in [2.75, 3.05) is 18.5 Å². The average molecular weight is 263 g/mol. The Morgan fingerprint density at radius 1 is 1.47 bits per heavy atom. The topological polar surface area (TPSA) is 64.6 Å². The summed E-state index contributed by atoms with van der Waals surface area (Å²) in [6, 6.07) is 7.42. The van der Waals surface area contributed by atoms with Crippen LogP contribution < -0.4 is 5.32 Å². The number of amides is 1. The lowest BCUT2D eigenvalue weighted by Gasteiger charge is -2.10. The number of ether oxygens (including phenoxy) is 2. The maximum Gasteiger partial charge on any atom is 0.335 e. The quantitative estimate of drug-likeness (QED) is 0.839. The Bertz CT molecular complexity index is 466. The van der Waals surface area contributed by atoms with Gasteiger partial charge in [0.1, 0.15) is 0 Å². The third kappa shape index (κ3) is 4.06. The highest BCUT2D eigenvalue weighted by molar-refractivity contribution is 5.93. The van der Waals surface area contributed by atoms with Crippen molar-refractivity contribution in [3.05, 3.63) is 29.8 Å². The molecule has 0 aliphatic carbocycles. The lowest BCUT2D eigenvalue weighted by Crippen LogP contribution is -2.27. The molecule has 1 aromatic carbocycles. The largest absolute Gasteiger partial charge is 0.454 e.